The first-order chi connectivity index (χ1) is 12.1. The Hall–Kier alpha value is -2.11. The van der Waals surface area contributed by atoms with E-state index in [0.29, 0.717) is 6.61 Å². The lowest BCUT2D eigenvalue weighted by Crippen LogP contribution is -2.56. The number of methoxy groups -OCH3 is 1. The third-order valence-corrected chi connectivity index (χ3v) is 5.98. The summed E-state index contributed by atoms with van der Waals surface area (Å²) in [5, 5.41) is 1.09. The number of aromatic amines is 1. The summed E-state index contributed by atoms with van der Waals surface area (Å²) in [4.78, 5) is 18.7. The maximum atomic E-state index is 13.0. The molecule has 2 aliphatic heterocycles. The van der Waals surface area contributed by atoms with Gasteiger partial charge in [-0.25, -0.2) is 0 Å². The second-order valence-corrected chi connectivity index (χ2v) is 7.26. The smallest absolute Gasteiger partial charge is 0.320 e. The quantitative estimate of drug-likeness (QED) is 0.689. The Morgan fingerprint density at radius 1 is 1.48 bits per heavy atom. The van der Waals surface area contributed by atoms with E-state index >= 15 is 0 Å². The first-order valence-corrected chi connectivity index (χ1v) is 8.68. The fraction of sp³-hybridized carbons (Fsp3) is 0.450. The fourth-order valence-electron chi connectivity index (χ4n) is 4.70. The summed E-state index contributed by atoms with van der Waals surface area (Å²) in [5.41, 5.74) is 0.533. The molecular formula is C20H24N2O3. The Morgan fingerprint density at radius 3 is 3.00 bits per heavy atom. The number of hydrogen-bond donors (Lipinski definition) is 1. The Bertz CT molecular complexity index is 796. The van der Waals surface area contributed by atoms with Crippen molar-refractivity contribution >= 4 is 16.9 Å². The number of H-pyrrole nitrogens is 1. The number of nitrogens with one attached hydrogen (secondary N) is 1. The number of benzene rings is 1. The summed E-state index contributed by atoms with van der Waals surface area (Å²) >= 11 is 0. The first-order valence-electron chi connectivity index (χ1n) is 8.68. The van der Waals surface area contributed by atoms with Crippen molar-refractivity contribution < 1.29 is 14.3 Å². The molecule has 5 heteroatoms. The van der Waals surface area contributed by atoms with E-state index in [2.05, 4.69) is 29.6 Å². The minimum absolute atomic E-state index is 0.00536. The fourth-order valence-corrected chi connectivity index (χ4v) is 4.70. The largest absolute Gasteiger partial charge is 0.468 e. The molecule has 0 aliphatic carbocycles. The summed E-state index contributed by atoms with van der Waals surface area (Å²) in [6.07, 6.45) is 2.73. The number of nitrogens with zero attached hydrogens (tertiary/aromatic N) is 1. The van der Waals surface area contributed by atoms with Crippen LogP contribution in [0.5, 0.6) is 0 Å². The van der Waals surface area contributed by atoms with Crippen LogP contribution in [0.3, 0.4) is 0 Å². The van der Waals surface area contributed by atoms with Gasteiger partial charge in [-0.1, -0.05) is 24.3 Å². The summed E-state index contributed by atoms with van der Waals surface area (Å²) in [5.74, 6) is -0.244. The number of aromatic nitrogens is 1. The van der Waals surface area contributed by atoms with Crippen LogP contribution >= 0.6 is 0 Å². The predicted molar refractivity (Wildman–Crippen MR) is 96.5 cm³/mol. The van der Waals surface area contributed by atoms with Crippen LogP contribution in [0.15, 0.2) is 43.0 Å². The highest BCUT2D eigenvalue weighted by Gasteiger charge is 2.64. The molecule has 3 heterocycles. The molecule has 0 unspecified atom stereocenters. The average molecular weight is 340 g/mol. The normalized spacial score (nSPS) is 32.5. The molecule has 2 fully saturated rings. The van der Waals surface area contributed by atoms with Crippen molar-refractivity contribution in [3.63, 3.8) is 0 Å². The highest BCUT2D eigenvalue weighted by atomic mass is 16.5. The molecule has 0 bridgehead atoms. The van der Waals surface area contributed by atoms with Crippen LogP contribution in [0.2, 0.25) is 0 Å². The molecule has 0 saturated carbocycles. The van der Waals surface area contributed by atoms with E-state index in [0.717, 1.165) is 36.1 Å². The summed E-state index contributed by atoms with van der Waals surface area (Å²) < 4.78 is 11.5. The number of piperidine rings is 1. The Kier molecular flexibility index (Phi) is 3.74. The van der Waals surface area contributed by atoms with Crippen molar-refractivity contribution in [3.8, 4) is 0 Å². The highest BCUT2D eigenvalue weighted by Crippen LogP contribution is 2.52. The van der Waals surface area contributed by atoms with Gasteiger partial charge in [0, 0.05) is 23.7 Å². The van der Waals surface area contributed by atoms with Crippen molar-refractivity contribution in [2.24, 2.45) is 5.92 Å². The molecular weight excluding hydrogens is 316 g/mol. The number of likely N-dealkylation sites (tertiary alicyclic amines) is 1. The zero-order valence-corrected chi connectivity index (χ0v) is 14.7. The maximum absolute atomic E-state index is 13.0. The van der Waals surface area contributed by atoms with Gasteiger partial charge in [-0.2, -0.15) is 0 Å². The number of para-hydroxylation sites is 1. The van der Waals surface area contributed by atoms with E-state index < -0.39 is 11.0 Å². The minimum atomic E-state index is -0.830. The lowest BCUT2D eigenvalue weighted by atomic mass is 9.65. The second-order valence-electron chi connectivity index (χ2n) is 7.26. The number of hydrogen-bond acceptors (Lipinski definition) is 4. The molecule has 5 nitrogen and oxygen atoms in total. The van der Waals surface area contributed by atoms with Crippen LogP contribution in [0.25, 0.3) is 10.9 Å². The monoisotopic (exact) mass is 340 g/mol. The van der Waals surface area contributed by atoms with Crippen molar-refractivity contribution in [1.82, 2.24) is 9.88 Å². The summed E-state index contributed by atoms with van der Waals surface area (Å²) in [6, 6.07) is 10.1. The predicted octanol–water partition coefficient (Wildman–Crippen LogP) is 2.49. The molecule has 0 radical (unpaired) electrons. The summed E-state index contributed by atoms with van der Waals surface area (Å²) in [7, 11) is 3.53. The molecule has 2 saturated heterocycles. The van der Waals surface area contributed by atoms with Gasteiger partial charge in [0.15, 0.2) is 0 Å². The third-order valence-electron chi connectivity index (χ3n) is 5.98. The van der Waals surface area contributed by atoms with Crippen LogP contribution in [0, 0.1) is 5.92 Å². The lowest BCUT2D eigenvalue weighted by Gasteiger charge is -2.44. The third kappa shape index (κ3) is 2.19. The zero-order chi connectivity index (χ0) is 17.7. The molecule has 4 rings (SSSR count). The van der Waals surface area contributed by atoms with E-state index in [9.17, 15) is 4.79 Å². The molecule has 0 spiro atoms. The van der Waals surface area contributed by atoms with Gasteiger partial charge in [0.25, 0.3) is 0 Å². The number of likely N-dealkylation sites (N-methyl/N-ethyl adjacent to an activating group) is 1. The number of carbonyl (C=O) groups is 1. The molecule has 1 aromatic heterocycles. The first kappa shape index (κ1) is 16.4. The SMILES string of the molecule is C=C[C@@]12CN(C)CC[C@@H]1[C@](C(=O)OC)(c1cc3ccccc3[nH]1)CO2. The van der Waals surface area contributed by atoms with Crippen molar-refractivity contribution in [2.45, 2.75) is 17.4 Å². The minimum Gasteiger partial charge on any atom is -0.468 e. The number of rotatable bonds is 3. The molecule has 3 atom stereocenters. The van der Waals surface area contributed by atoms with E-state index in [1.165, 1.54) is 7.11 Å². The van der Waals surface area contributed by atoms with Gasteiger partial charge in [0.1, 0.15) is 11.0 Å². The molecule has 25 heavy (non-hydrogen) atoms. The Labute approximate surface area is 147 Å². The van der Waals surface area contributed by atoms with E-state index in [1.54, 1.807) is 0 Å². The Balaban J connectivity index is 1.89. The molecule has 0 amide bonds. The van der Waals surface area contributed by atoms with E-state index in [1.807, 2.05) is 30.3 Å². The van der Waals surface area contributed by atoms with Crippen LogP contribution in [0.4, 0.5) is 0 Å². The van der Waals surface area contributed by atoms with Gasteiger partial charge in [0.2, 0.25) is 0 Å². The number of ether oxygens (including phenoxy) is 2. The van der Waals surface area contributed by atoms with Gasteiger partial charge in [-0.3, -0.25) is 4.79 Å². The van der Waals surface area contributed by atoms with Crippen molar-refractivity contribution in [1.29, 1.82) is 0 Å². The molecule has 2 aliphatic rings. The standard InChI is InChI=1S/C20H24N2O3/c1-4-19-12-22(2)10-9-16(19)20(13-25-19,18(23)24-3)17-11-14-7-5-6-8-15(14)21-17/h4-8,11,16,21H,1,9-10,12-13H2,2-3H3/t16-,19+,20-/m0/s1. The number of fused-ring (bicyclic) bond motifs is 2. The molecule has 2 aromatic rings. The lowest BCUT2D eigenvalue weighted by molar-refractivity contribution is -0.149. The van der Waals surface area contributed by atoms with Crippen LogP contribution in [-0.2, 0) is 19.7 Å². The number of esters is 1. The maximum Gasteiger partial charge on any atom is 0.320 e. The number of carbonyl (C=O) groups excluding carboxylic acids is 1. The molecule has 1 aromatic carbocycles. The van der Waals surface area contributed by atoms with Gasteiger partial charge < -0.3 is 19.4 Å². The van der Waals surface area contributed by atoms with Gasteiger partial charge >= 0.3 is 5.97 Å². The van der Waals surface area contributed by atoms with Gasteiger partial charge in [-0.15, -0.1) is 6.58 Å². The zero-order valence-electron chi connectivity index (χ0n) is 14.7. The van der Waals surface area contributed by atoms with Crippen LogP contribution < -0.4 is 0 Å². The molecule has 132 valence electrons. The van der Waals surface area contributed by atoms with Crippen LogP contribution in [0.1, 0.15) is 12.1 Å². The highest BCUT2D eigenvalue weighted by molar-refractivity contribution is 5.88. The second kappa shape index (κ2) is 5.71. The van der Waals surface area contributed by atoms with Gasteiger partial charge in [0.05, 0.1) is 13.7 Å². The Morgan fingerprint density at radius 2 is 2.28 bits per heavy atom. The van der Waals surface area contributed by atoms with Gasteiger partial charge in [-0.05, 0) is 37.5 Å². The van der Waals surface area contributed by atoms with Crippen molar-refractivity contribution in [3.05, 3.63) is 48.7 Å². The topological polar surface area (TPSA) is 54.6 Å². The van der Waals surface area contributed by atoms with E-state index in [-0.39, 0.29) is 11.9 Å². The van der Waals surface area contributed by atoms with E-state index in [4.69, 9.17) is 9.47 Å². The van der Waals surface area contributed by atoms with Crippen LogP contribution in [-0.4, -0.2) is 55.3 Å². The van der Waals surface area contributed by atoms with Crippen molar-refractivity contribution in [2.75, 3.05) is 33.9 Å². The average Bonchev–Trinajstić information content (AvgIpc) is 3.20. The summed E-state index contributed by atoms with van der Waals surface area (Å²) in [6.45, 7) is 5.98. The molecule has 1 N–H and O–H groups in total.